The summed E-state index contributed by atoms with van der Waals surface area (Å²) in [6.45, 7) is 5.95. The van der Waals surface area contributed by atoms with Crippen molar-refractivity contribution in [2.75, 3.05) is 19.8 Å². The van der Waals surface area contributed by atoms with Crippen LogP contribution in [0.4, 0.5) is 0 Å². The molecule has 0 fully saturated rings. The summed E-state index contributed by atoms with van der Waals surface area (Å²) in [5.74, 6) is 0.388. The molecule has 1 amide bonds. The number of amides is 1. The summed E-state index contributed by atoms with van der Waals surface area (Å²) in [7, 11) is 0. The van der Waals surface area contributed by atoms with Crippen LogP contribution < -0.4 is 5.32 Å². The smallest absolute Gasteiger partial charge is 0.252 e. The molecule has 1 N–H and O–H groups in total. The van der Waals surface area contributed by atoms with E-state index in [1.807, 2.05) is 0 Å². The van der Waals surface area contributed by atoms with Gasteiger partial charge in [0, 0.05) is 19.3 Å². The van der Waals surface area contributed by atoms with Crippen molar-refractivity contribution in [2.24, 2.45) is 5.92 Å². The van der Waals surface area contributed by atoms with Gasteiger partial charge in [-0.2, -0.15) is 0 Å². The molecule has 0 aliphatic rings. The third-order valence-electron chi connectivity index (χ3n) is 1.97. The molecule has 5 heteroatoms. The van der Waals surface area contributed by atoms with Crippen LogP contribution in [0.1, 0.15) is 24.2 Å². The number of hydrogen-bond donors (Lipinski definition) is 1. The lowest BCUT2D eigenvalue weighted by Gasteiger charge is -2.08. The standard InChI is InChI=1S/C12H17BrN2O2/c1-9(2)8-17-6-5-14-12(16)10-3-4-11(13)15-7-10/h3-4,7,9H,5-6,8H2,1-2H3,(H,14,16). The molecule has 0 aromatic carbocycles. The summed E-state index contributed by atoms with van der Waals surface area (Å²) in [6, 6.07) is 3.46. The van der Waals surface area contributed by atoms with Gasteiger partial charge in [-0.25, -0.2) is 4.98 Å². The fourth-order valence-corrected chi connectivity index (χ4v) is 1.40. The second-order valence-electron chi connectivity index (χ2n) is 4.09. The summed E-state index contributed by atoms with van der Waals surface area (Å²) in [4.78, 5) is 15.6. The van der Waals surface area contributed by atoms with Gasteiger partial charge in [-0.15, -0.1) is 0 Å². The van der Waals surface area contributed by atoms with Crippen molar-refractivity contribution in [3.8, 4) is 0 Å². The number of pyridine rings is 1. The summed E-state index contributed by atoms with van der Waals surface area (Å²) in [6.07, 6.45) is 1.54. The van der Waals surface area contributed by atoms with Gasteiger partial charge in [-0.1, -0.05) is 13.8 Å². The van der Waals surface area contributed by atoms with E-state index in [1.54, 1.807) is 12.1 Å². The average Bonchev–Trinajstić information content (AvgIpc) is 2.29. The second-order valence-corrected chi connectivity index (χ2v) is 4.91. The molecule has 1 aromatic rings. The number of hydrogen-bond acceptors (Lipinski definition) is 3. The molecule has 1 aromatic heterocycles. The van der Waals surface area contributed by atoms with Crippen LogP contribution in [0.2, 0.25) is 0 Å². The van der Waals surface area contributed by atoms with Crippen LogP contribution >= 0.6 is 15.9 Å². The molecule has 4 nitrogen and oxygen atoms in total. The fourth-order valence-electron chi connectivity index (χ4n) is 1.17. The van der Waals surface area contributed by atoms with E-state index in [1.165, 1.54) is 6.20 Å². The zero-order chi connectivity index (χ0) is 12.7. The quantitative estimate of drug-likeness (QED) is 0.647. The molecule has 1 heterocycles. The number of nitrogens with zero attached hydrogens (tertiary/aromatic N) is 1. The van der Waals surface area contributed by atoms with Crippen molar-refractivity contribution in [1.29, 1.82) is 0 Å². The van der Waals surface area contributed by atoms with Crippen LogP contribution in [-0.4, -0.2) is 30.6 Å². The first-order valence-electron chi connectivity index (χ1n) is 5.57. The van der Waals surface area contributed by atoms with Crippen LogP contribution in [0.3, 0.4) is 0 Å². The van der Waals surface area contributed by atoms with E-state index in [0.717, 1.165) is 6.61 Å². The third kappa shape index (κ3) is 5.79. The SMILES string of the molecule is CC(C)COCCNC(=O)c1ccc(Br)nc1. The number of carbonyl (C=O) groups excluding carboxylic acids is 1. The first-order valence-corrected chi connectivity index (χ1v) is 6.36. The molecular formula is C12H17BrN2O2. The Morgan fingerprint density at radius 3 is 2.88 bits per heavy atom. The van der Waals surface area contributed by atoms with E-state index < -0.39 is 0 Å². The molecule has 1 rings (SSSR count). The van der Waals surface area contributed by atoms with Gasteiger partial charge in [-0.3, -0.25) is 4.79 Å². The van der Waals surface area contributed by atoms with Gasteiger partial charge in [0.1, 0.15) is 4.60 Å². The average molecular weight is 301 g/mol. The van der Waals surface area contributed by atoms with E-state index >= 15 is 0 Å². The minimum Gasteiger partial charge on any atom is -0.379 e. The highest BCUT2D eigenvalue weighted by atomic mass is 79.9. The number of halogens is 1. The Bertz CT molecular complexity index is 352. The van der Waals surface area contributed by atoms with Crippen molar-refractivity contribution in [3.63, 3.8) is 0 Å². The Kier molecular flexibility index (Phi) is 6.15. The minimum absolute atomic E-state index is 0.127. The van der Waals surface area contributed by atoms with E-state index in [4.69, 9.17) is 4.74 Å². The first-order chi connectivity index (χ1) is 8.09. The summed E-state index contributed by atoms with van der Waals surface area (Å²) in [5, 5.41) is 2.77. The maximum absolute atomic E-state index is 11.6. The summed E-state index contributed by atoms with van der Waals surface area (Å²) >= 11 is 3.22. The molecule has 17 heavy (non-hydrogen) atoms. The van der Waals surface area contributed by atoms with Crippen LogP contribution in [0.25, 0.3) is 0 Å². The maximum Gasteiger partial charge on any atom is 0.252 e. The van der Waals surface area contributed by atoms with Crippen molar-refractivity contribution in [1.82, 2.24) is 10.3 Å². The Balaban J connectivity index is 2.23. The highest BCUT2D eigenvalue weighted by Crippen LogP contribution is 2.05. The lowest BCUT2D eigenvalue weighted by molar-refractivity contribution is 0.0886. The van der Waals surface area contributed by atoms with Crippen LogP contribution in [0.5, 0.6) is 0 Å². The molecule has 0 saturated heterocycles. The van der Waals surface area contributed by atoms with Crippen LogP contribution in [-0.2, 0) is 4.74 Å². The normalized spacial score (nSPS) is 10.6. The molecule has 0 saturated carbocycles. The largest absolute Gasteiger partial charge is 0.379 e. The molecule has 0 radical (unpaired) electrons. The van der Waals surface area contributed by atoms with Gasteiger partial charge in [0.25, 0.3) is 5.91 Å². The molecule has 0 aliphatic carbocycles. The molecule has 0 spiro atoms. The Labute approximate surface area is 110 Å². The van der Waals surface area contributed by atoms with E-state index in [-0.39, 0.29) is 5.91 Å². The first kappa shape index (κ1) is 14.1. The van der Waals surface area contributed by atoms with Gasteiger partial charge in [-0.05, 0) is 34.0 Å². The van der Waals surface area contributed by atoms with Gasteiger partial charge in [0.2, 0.25) is 0 Å². The number of ether oxygens (including phenoxy) is 1. The Morgan fingerprint density at radius 2 is 2.29 bits per heavy atom. The predicted octanol–water partition coefficient (Wildman–Crippen LogP) is 2.25. The number of aromatic nitrogens is 1. The van der Waals surface area contributed by atoms with Gasteiger partial charge in [0.05, 0.1) is 12.2 Å². The lowest BCUT2D eigenvalue weighted by Crippen LogP contribution is -2.27. The number of carbonyl (C=O) groups is 1. The van der Waals surface area contributed by atoms with Gasteiger partial charge < -0.3 is 10.1 Å². The van der Waals surface area contributed by atoms with Crippen molar-refractivity contribution in [3.05, 3.63) is 28.5 Å². The zero-order valence-corrected chi connectivity index (χ0v) is 11.7. The molecule has 0 atom stereocenters. The zero-order valence-electron chi connectivity index (χ0n) is 10.1. The molecule has 0 unspecified atom stereocenters. The van der Waals surface area contributed by atoms with Crippen molar-refractivity contribution < 1.29 is 9.53 Å². The van der Waals surface area contributed by atoms with Crippen LogP contribution in [0, 0.1) is 5.92 Å². The van der Waals surface area contributed by atoms with E-state index in [9.17, 15) is 4.79 Å². The third-order valence-corrected chi connectivity index (χ3v) is 2.44. The highest BCUT2D eigenvalue weighted by Gasteiger charge is 2.04. The molecular weight excluding hydrogens is 284 g/mol. The van der Waals surface area contributed by atoms with E-state index in [0.29, 0.717) is 29.2 Å². The molecule has 94 valence electrons. The fraction of sp³-hybridized carbons (Fsp3) is 0.500. The van der Waals surface area contributed by atoms with Gasteiger partial charge >= 0.3 is 0 Å². The molecule has 0 aliphatic heterocycles. The Hall–Kier alpha value is -0.940. The van der Waals surface area contributed by atoms with Crippen molar-refractivity contribution >= 4 is 21.8 Å². The number of nitrogens with one attached hydrogen (secondary N) is 1. The molecule has 0 bridgehead atoms. The summed E-state index contributed by atoms with van der Waals surface area (Å²) < 4.78 is 6.08. The maximum atomic E-state index is 11.6. The topological polar surface area (TPSA) is 51.2 Å². The summed E-state index contributed by atoms with van der Waals surface area (Å²) in [5.41, 5.74) is 0.553. The minimum atomic E-state index is -0.127. The Morgan fingerprint density at radius 1 is 1.53 bits per heavy atom. The van der Waals surface area contributed by atoms with Crippen LogP contribution in [0.15, 0.2) is 22.9 Å². The monoisotopic (exact) mass is 300 g/mol. The lowest BCUT2D eigenvalue weighted by atomic mass is 10.2. The predicted molar refractivity (Wildman–Crippen MR) is 69.9 cm³/mol. The van der Waals surface area contributed by atoms with Gasteiger partial charge in [0.15, 0.2) is 0 Å². The van der Waals surface area contributed by atoms with E-state index in [2.05, 4.69) is 40.1 Å². The van der Waals surface area contributed by atoms with Crippen molar-refractivity contribution in [2.45, 2.75) is 13.8 Å². The number of rotatable bonds is 6. The highest BCUT2D eigenvalue weighted by molar-refractivity contribution is 9.10. The second kappa shape index (κ2) is 7.40.